The molecular weight excluding hydrogens is 376 g/mol. The molecule has 5 nitrogen and oxygen atoms in total. The molecule has 6 heteroatoms. The van der Waals surface area contributed by atoms with Crippen molar-refractivity contribution in [1.82, 2.24) is 0 Å². The number of aryl methyl sites for hydroxylation is 1. The number of methoxy groups -OCH3 is 1. The van der Waals surface area contributed by atoms with Crippen LogP contribution in [0.3, 0.4) is 0 Å². The zero-order chi connectivity index (χ0) is 20.7. The van der Waals surface area contributed by atoms with Crippen LogP contribution in [-0.4, -0.2) is 34.9 Å². The van der Waals surface area contributed by atoms with E-state index < -0.39 is 10.8 Å². The number of carbonyl (C=O) groups is 2. The predicted octanol–water partition coefficient (Wildman–Crippen LogP) is 4.08. The molecule has 1 atom stereocenters. The zero-order valence-electron chi connectivity index (χ0n) is 16.0. The summed E-state index contributed by atoms with van der Waals surface area (Å²) in [6.45, 7) is 1.82. The number of carboxylic acid groups (broad SMARTS) is 1. The molecule has 28 heavy (non-hydrogen) atoms. The van der Waals surface area contributed by atoms with Gasteiger partial charge in [-0.2, -0.15) is 0 Å². The third-order valence-electron chi connectivity index (χ3n) is 4.32. The minimum atomic E-state index is -1.05. The Labute approximate surface area is 166 Å². The van der Waals surface area contributed by atoms with Gasteiger partial charge in [0.15, 0.2) is 5.78 Å². The molecule has 0 amide bonds. The van der Waals surface area contributed by atoms with E-state index in [4.69, 9.17) is 14.6 Å². The Bertz CT molecular complexity index is 1010. The fraction of sp³-hybridized carbons (Fsp3) is 0.182. The minimum absolute atomic E-state index is 0.0398. The Balaban J connectivity index is 0.000000878. The summed E-state index contributed by atoms with van der Waals surface area (Å²) in [7, 11) is 0.563. The summed E-state index contributed by atoms with van der Waals surface area (Å²) in [5.74, 6) is 0.685. The van der Waals surface area contributed by atoms with Crippen LogP contribution in [0.5, 0.6) is 5.75 Å². The SMILES string of the molecule is CCc1cc(C(=O)c2ccc(S(C)=O)cc2)c2cc(OC)ccc2c1.O=CO. The van der Waals surface area contributed by atoms with E-state index in [1.165, 1.54) is 0 Å². The van der Waals surface area contributed by atoms with Gasteiger partial charge in [0.05, 0.1) is 7.11 Å². The first-order valence-electron chi connectivity index (χ1n) is 8.61. The molecule has 1 N–H and O–H groups in total. The van der Waals surface area contributed by atoms with Crippen molar-refractivity contribution in [2.24, 2.45) is 0 Å². The molecular formula is C22H22O5S. The molecule has 3 aromatic rings. The maximum Gasteiger partial charge on any atom is 0.290 e. The van der Waals surface area contributed by atoms with Gasteiger partial charge in [-0.25, -0.2) is 0 Å². The molecule has 0 radical (unpaired) electrons. The molecule has 0 bridgehead atoms. The number of fused-ring (bicyclic) bond motifs is 1. The highest BCUT2D eigenvalue weighted by Crippen LogP contribution is 2.28. The van der Waals surface area contributed by atoms with Crippen LogP contribution in [0.2, 0.25) is 0 Å². The summed E-state index contributed by atoms with van der Waals surface area (Å²) >= 11 is 0. The summed E-state index contributed by atoms with van der Waals surface area (Å²) in [6.07, 6.45) is 2.48. The zero-order valence-corrected chi connectivity index (χ0v) is 16.8. The first-order valence-corrected chi connectivity index (χ1v) is 10.2. The highest BCUT2D eigenvalue weighted by atomic mass is 32.2. The van der Waals surface area contributed by atoms with E-state index in [9.17, 15) is 9.00 Å². The summed E-state index contributed by atoms with van der Waals surface area (Å²) in [6, 6.07) is 16.8. The lowest BCUT2D eigenvalue weighted by Crippen LogP contribution is -2.04. The Morgan fingerprint density at radius 2 is 1.75 bits per heavy atom. The second-order valence-electron chi connectivity index (χ2n) is 6.00. The Kier molecular flexibility index (Phi) is 7.46. The largest absolute Gasteiger partial charge is 0.497 e. The Morgan fingerprint density at radius 1 is 1.11 bits per heavy atom. The maximum absolute atomic E-state index is 13.1. The second kappa shape index (κ2) is 9.80. The van der Waals surface area contributed by atoms with Crippen molar-refractivity contribution in [1.29, 1.82) is 0 Å². The molecule has 1 unspecified atom stereocenters. The van der Waals surface area contributed by atoms with Gasteiger partial charge < -0.3 is 9.84 Å². The highest BCUT2D eigenvalue weighted by Gasteiger charge is 2.15. The Morgan fingerprint density at radius 3 is 2.29 bits per heavy atom. The van der Waals surface area contributed by atoms with Gasteiger partial charge in [-0.1, -0.05) is 19.1 Å². The van der Waals surface area contributed by atoms with Gasteiger partial charge >= 0.3 is 0 Å². The van der Waals surface area contributed by atoms with Crippen molar-refractivity contribution in [2.75, 3.05) is 13.4 Å². The van der Waals surface area contributed by atoms with Crippen molar-refractivity contribution in [3.8, 4) is 5.75 Å². The molecule has 0 aromatic heterocycles. The fourth-order valence-corrected chi connectivity index (χ4v) is 3.39. The van der Waals surface area contributed by atoms with Crippen molar-refractivity contribution < 1.29 is 23.6 Å². The van der Waals surface area contributed by atoms with Crippen LogP contribution in [0.4, 0.5) is 0 Å². The molecule has 0 aliphatic rings. The third kappa shape index (κ3) is 4.84. The lowest BCUT2D eigenvalue weighted by Gasteiger charge is -2.11. The maximum atomic E-state index is 13.1. The van der Waals surface area contributed by atoms with Crippen molar-refractivity contribution >= 4 is 33.8 Å². The average molecular weight is 398 g/mol. The van der Waals surface area contributed by atoms with Gasteiger partial charge in [0.25, 0.3) is 6.47 Å². The summed E-state index contributed by atoms with van der Waals surface area (Å²) in [4.78, 5) is 22.2. The lowest BCUT2D eigenvalue weighted by molar-refractivity contribution is -0.122. The first kappa shape index (κ1) is 21.3. The van der Waals surface area contributed by atoms with E-state index in [0.29, 0.717) is 16.0 Å². The van der Waals surface area contributed by atoms with E-state index in [2.05, 4.69) is 13.0 Å². The average Bonchev–Trinajstić information content (AvgIpc) is 2.72. The summed E-state index contributed by atoms with van der Waals surface area (Å²) in [5.41, 5.74) is 2.37. The molecule has 0 saturated heterocycles. The highest BCUT2D eigenvalue weighted by molar-refractivity contribution is 7.84. The molecule has 0 heterocycles. The van der Waals surface area contributed by atoms with Crippen molar-refractivity contribution in [2.45, 2.75) is 18.2 Å². The van der Waals surface area contributed by atoms with Gasteiger partial charge in [0.1, 0.15) is 5.75 Å². The number of ether oxygens (including phenoxy) is 1. The Hall–Kier alpha value is -2.99. The number of rotatable bonds is 5. The predicted molar refractivity (Wildman–Crippen MR) is 111 cm³/mol. The van der Waals surface area contributed by atoms with Crippen LogP contribution in [0, 0.1) is 0 Å². The molecule has 0 aliphatic carbocycles. The molecule has 146 valence electrons. The van der Waals surface area contributed by atoms with Crippen LogP contribution in [-0.2, 0) is 22.0 Å². The van der Waals surface area contributed by atoms with Gasteiger partial charge in [-0.15, -0.1) is 0 Å². The van der Waals surface area contributed by atoms with Crippen molar-refractivity contribution in [3.05, 3.63) is 71.3 Å². The monoisotopic (exact) mass is 398 g/mol. The van der Waals surface area contributed by atoms with E-state index in [-0.39, 0.29) is 12.3 Å². The van der Waals surface area contributed by atoms with Gasteiger partial charge in [0, 0.05) is 33.1 Å². The summed E-state index contributed by atoms with van der Waals surface area (Å²) < 4.78 is 16.9. The summed E-state index contributed by atoms with van der Waals surface area (Å²) in [5, 5.41) is 8.79. The van der Waals surface area contributed by atoms with Gasteiger partial charge in [-0.3, -0.25) is 13.8 Å². The number of benzene rings is 3. The number of hydrogen-bond acceptors (Lipinski definition) is 4. The quantitative estimate of drug-likeness (QED) is 0.517. The van der Waals surface area contributed by atoms with Gasteiger partial charge in [0.2, 0.25) is 0 Å². The van der Waals surface area contributed by atoms with Crippen LogP contribution >= 0.6 is 0 Å². The van der Waals surface area contributed by atoms with E-state index in [0.717, 1.165) is 28.5 Å². The van der Waals surface area contributed by atoms with Crippen LogP contribution in [0.15, 0.2) is 59.5 Å². The molecule has 3 rings (SSSR count). The third-order valence-corrected chi connectivity index (χ3v) is 5.26. The first-order chi connectivity index (χ1) is 13.4. The van der Waals surface area contributed by atoms with Gasteiger partial charge in [-0.05, 0) is 65.2 Å². The molecule has 0 spiro atoms. The van der Waals surface area contributed by atoms with E-state index in [1.807, 2.05) is 24.3 Å². The van der Waals surface area contributed by atoms with E-state index >= 15 is 0 Å². The van der Waals surface area contributed by atoms with Crippen LogP contribution in [0.1, 0.15) is 28.4 Å². The van der Waals surface area contributed by atoms with E-state index in [1.54, 1.807) is 37.6 Å². The minimum Gasteiger partial charge on any atom is -0.497 e. The molecule has 0 fully saturated rings. The van der Waals surface area contributed by atoms with Crippen molar-refractivity contribution in [3.63, 3.8) is 0 Å². The normalized spacial score (nSPS) is 11.2. The number of carbonyl (C=O) groups excluding carboxylic acids is 1. The fourth-order valence-electron chi connectivity index (χ4n) is 2.87. The molecule has 3 aromatic carbocycles. The standard InChI is InChI=1S/C21H20O3S.CH2O2/c1-4-14-11-16-5-8-17(24-2)13-19(16)20(12-14)21(22)15-6-9-18(10-7-15)25(3)23;2-1-3/h5-13H,4H2,1-3H3;1H,(H,2,3). The number of hydrogen-bond donors (Lipinski definition) is 1. The second-order valence-corrected chi connectivity index (χ2v) is 7.38. The topological polar surface area (TPSA) is 80.7 Å². The molecule has 0 aliphatic heterocycles. The molecule has 0 saturated carbocycles. The number of ketones is 1. The smallest absolute Gasteiger partial charge is 0.290 e. The lowest BCUT2D eigenvalue weighted by atomic mass is 9.94. The van der Waals surface area contributed by atoms with Crippen LogP contribution < -0.4 is 4.74 Å². The van der Waals surface area contributed by atoms with Crippen LogP contribution in [0.25, 0.3) is 10.8 Å².